The molecule has 6 heteroatoms. The van der Waals surface area contributed by atoms with Gasteiger partial charge < -0.3 is 10.2 Å². The molecule has 0 bridgehead atoms. The third-order valence-corrected chi connectivity index (χ3v) is 5.12. The highest BCUT2D eigenvalue weighted by Crippen LogP contribution is 2.13. The predicted molar refractivity (Wildman–Crippen MR) is 93.2 cm³/mol. The molecule has 1 unspecified atom stereocenters. The lowest BCUT2D eigenvalue weighted by Crippen LogP contribution is -2.50. The van der Waals surface area contributed by atoms with Crippen molar-refractivity contribution in [1.29, 1.82) is 0 Å². The Kier molecular flexibility index (Phi) is 7.91. The number of rotatable bonds is 10. The van der Waals surface area contributed by atoms with Crippen molar-refractivity contribution in [2.75, 3.05) is 5.75 Å². The quantitative estimate of drug-likeness (QED) is 0.450. The Morgan fingerprint density at radius 2 is 1.83 bits per heavy atom. The van der Waals surface area contributed by atoms with E-state index in [1.54, 1.807) is 6.08 Å². The van der Waals surface area contributed by atoms with Gasteiger partial charge in [-0.15, -0.1) is 0 Å². The van der Waals surface area contributed by atoms with E-state index in [-0.39, 0.29) is 5.75 Å². The van der Waals surface area contributed by atoms with E-state index < -0.39 is 21.9 Å². The van der Waals surface area contributed by atoms with E-state index in [4.69, 9.17) is 0 Å². The van der Waals surface area contributed by atoms with Crippen LogP contribution in [0.25, 0.3) is 6.08 Å². The fourth-order valence-corrected chi connectivity index (χ4v) is 3.48. The van der Waals surface area contributed by atoms with Crippen LogP contribution in [-0.2, 0) is 10.0 Å². The molecule has 0 aromatic heterocycles. The molecule has 1 atom stereocenters. The van der Waals surface area contributed by atoms with Crippen molar-refractivity contribution in [3.63, 3.8) is 0 Å². The van der Waals surface area contributed by atoms with E-state index in [0.29, 0.717) is 6.42 Å². The van der Waals surface area contributed by atoms with E-state index in [1.807, 2.05) is 30.3 Å². The Bertz CT molecular complexity index is 582. The lowest BCUT2D eigenvalue weighted by atomic mass is 10.1. The van der Waals surface area contributed by atoms with Gasteiger partial charge >= 0.3 is 0 Å². The van der Waals surface area contributed by atoms with E-state index in [1.165, 1.54) is 13.0 Å². The van der Waals surface area contributed by atoms with Crippen LogP contribution in [0.15, 0.2) is 36.4 Å². The average Bonchev–Trinajstić information content (AvgIpc) is 2.50. The molecule has 5 nitrogen and oxygen atoms in total. The molecule has 0 aliphatic rings. The summed E-state index contributed by atoms with van der Waals surface area (Å²) in [5, 5.41) is 20.1. The Hall–Kier alpha value is -1.21. The van der Waals surface area contributed by atoms with Crippen molar-refractivity contribution in [2.24, 2.45) is 0 Å². The second kappa shape index (κ2) is 9.17. The number of aliphatic hydroxyl groups is 2. The minimum atomic E-state index is -3.53. The molecular formula is C17H27NO4S. The van der Waals surface area contributed by atoms with Crippen molar-refractivity contribution >= 4 is 16.1 Å². The number of unbranched alkanes of at least 4 members (excludes halogenated alkanes) is 3. The van der Waals surface area contributed by atoms with Crippen molar-refractivity contribution < 1.29 is 18.6 Å². The van der Waals surface area contributed by atoms with Crippen LogP contribution in [-0.4, -0.2) is 36.2 Å². The number of nitrogens with one attached hydrogen (secondary N) is 1. The molecule has 130 valence electrons. The van der Waals surface area contributed by atoms with Gasteiger partial charge in [0.05, 0.1) is 11.8 Å². The van der Waals surface area contributed by atoms with Gasteiger partial charge in [0, 0.05) is 0 Å². The summed E-state index contributed by atoms with van der Waals surface area (Å²) >= 11 is 0. The molecule has 0 radical (unpaired) electrons. The molecule has 0 aliphatic carbocycles. The first-order valence-electron chi connectivity index (χ1n) is 7.96. The zero-order chi connectivity index (χ0) is 17.3. The second-order valence-corrected chi connectivity index (χ2v) is 7.62. The third kappa shape index (κ3) is 7.74. The van der Waals surface area contributed by atoms with Crippen LogP contribution >= 0.6 is 0 Å². The number of sulfonamides is 1. The van der Waals surface area contributed by atoms with Crippen molar-refractivity contribution in [3.8, 4) is 0 Å². The van der Waals surface area contributed by atoms with Crippen molar-refractivity contribution in [1.82, 2.24) is 4.72 Å². The molecule has 1 aromatic rings. The fourth-order valence-electron chi connectivity index (χ4n) is 2.06. The minimum Gasteiger partial charge on any atom is -0.361 e. The highest BCUT2D eigenvalue weighted by Gasteiger charge is 2.31. The highest BCUT2D eigenvalue weighted by molar-refractivity contribution is 7.89. The first kappa shape index (κ1) is 19.8. The summed E-state index contributed by atoms with van der Waals surface area (Å²) in [6.45, 7) is 3.48. The van der Waals surface area contributed by atoms with Crippen LogP contribution in [0.1, 0.15) is 45.1 Å². The Morgan fingerprint density at radius 3 is 2.43 bits per heavy atom. The lowest BCUT2D eigenvalue weighted by Gasteiger charge is -2.26. The number of hydrogen-bond donors (Lipinski definition) is 3. The molecule has 1 aromatic carbocycles. The van der Waals surface area contributed by atoms with Gasteiger partial charge in [-0.2, -0.15) is 0 Å². The van der Waals surface area contributed by atoms with Gasteiger partial charge in [0.2, 0.25) is 10.0 Å². The van der Waals surface area contributed by atoms with Crippen LogP contribution < -0.4 is 4.72 Å². The molecule has 23 heavy (non-hydrogen) atoms. The first-order chi connectivity index (χ1) is 10.8. The van der Waals surface area contributed by atoms with Gasteiger partial charge in [-0.1, -0.05) is 62.6 Å². The maximum Gasteiger partial charge on any atom is 0.212 e. The molecule has 0 spiro atoms. The van der Waals surface area contributed by atoms with Crippen LogP contribution in [0.4, 0.5) is 0 Å². The van der Waals surface area contributed by atoms with Crippen LogP contribution in [0, 0.1) is 0 Å². The summed E-state index contributed by atoms with van der Waals surface area (Å²) in [5.74, 6) is -2.26. The Balaban J connectivity index is 2.60. The molecule has 0 amide bonds. The SMILES string of the molecule is CCCCCCS(=O)(=O)NC(C)C(O)(O)/C=C/c1ccccc1. The summed E-state index contributed by atoms with van der Waals surface area (Å²) in [6, 6.07) is 8.11. The number of benzene rings is 1. The largest absolute Gasteiger partial charge is 0.361 e. The van der Waals surface area contributed by atoms with Gasteiger partial charge in [0.25, 0.3) is 0 Å². The van der Waals surface area contributed by atoms with Gasteiger partial charge in [-0.3, -0.25) is 0 Å². The van der Waals surface area contributed by atoms with E-state index in [2.05, 4.69) is 11.6 Å². The van der Waals surface area contributed by atoms with Crippen LogP contribution in [0.5, 0.6) is 0 Å². The Labute approximate surface area is 139 Å². The van der Waals surface area contributed by atoms with E-state index in [0.717, 1.165) is 24.8 Å². The molecule has 3 N–H and O–H groups in total. The third-order valence-electron chi connectivity index (χ3n) is 3.58. The summed E-state index contributed by atoms with van der Waals surface area (Å²) < 4.78 is 26.3. The maximum absolute atomic E-state index is 12.0. The second-order valence-electron chi connectivity index (χ2n) is 5.75. The molecule has 0 aliphatic heterocycles. The van der Waals surface area contributed by atoms with Crippen LogP contribution in [0.2, 0.25) is 0 Å². The molecule has 1 rings (SSSR count). The smallest absolute Gasteiger partial charge is 0.212 e. The van der Waals surface area contributed by atoms with Gasteiger partial charge in [-0.25, -0.2) is 13.1 Å². The predicted octanol–water partition coefficient (Wildman–Crippen LogP) is 2.27. The summed E-state index contributed by atoms with van der Waals surface area (Å²) in [5.41, 5.74) is 0.801. The monoisotopic (exact) mass is 341 g/mol. The molecular weight excluding hydrogens is 314 g/mol. The summed E-state index contributed by atoms with van der Waals surface area (Å²) in [6.07, 6.45) is 6.18. The van der Waals surface area contributed by atoms with Gasteiger partial charge in [-0.05, 0) is 25.0 Å². The molecule has 0 saturated heterocycles. The van der Waals surface area contributed by atoms with E-state index >= 15 is 0 Å². The summed E-state index contributed by atoms with van der Waals surface area (Å²) in [4.78, 5) is 0. The molecule has 0 saturated carbocycles. The van der Waals surface area contributed by atoms with E-state index in [9.17, 15) is 18.6 Å². The zero-order valence-electron chi connectivity index (χ0n) is 13.8. The number of hydrogen-bond acceptors (Lipinski definition) is 4. The maximum atomic E-state index is 12.0. The average molecular weight is 341 g/mol. The minimum absolute atomic E-state index is 0.00415. The van der Waals surface area contributed by atoms with Gasteiger partial charge in [0.1, 0.15) is 0 Å². The van der Waals surface area contributed by atoms with Crippen molar-refractivity contribution in [3.05, 3.63) is 42.0 Å². The topological polar surface area (TPSA) is 86.6 Å². The Morgan fingerprint density at radius 1 is 1.17 bits per heavy atom. The lowest BCUT2D eigenvalue weighted by molar-refractivity contribution is -0.133. The zero-order valence-corrected chi connectivity index (χ0v) is 14.6. The fraction of sp³-hybridized carbons (Fsp3) is 0.529. The highest BCUT2D eigenvalue weighted by atomic mass is 32.2. The van der Waals surface area contributed by atoms with Gasteiger partial charge in [0.15, 0.2) is 5.79 Å². The van der Waals surface area contributed by atoms with Crippen molar-refractivity contribution in [2.45, 2.75) is 51.4 Å². The molecule has 0 heterocycles. The normalized spacial score (nSPS) is 14.3. The first-order valence-corrected chi connectivity index (χ1v) is 9.61. The molecule has 0 fully saturated rings. The summed E-state index contributed by atoms with van der Waals surface area (Å²) in [7, 11) is -3.53. The van der Waals surface area contributed by atoms with Crippen LogP contribution in [0.3, 0.4) is 0 Å². The standard InChI is InChI=1S/C17H27NO4S/c1-3-4-5-9-14-23(21,22)18-15(2)17(19,20)13-12-16-10-7-6-8-11-16/h6-8,10-13,15,18-20H,3-5,9,14H2,1-2H3/b13-12+.